The van der Waals surface area contributed by atoms with Gasteiger partial charge in [0.05, 0.1) is 11.1 Å². The summed E-state index contributed by atoms with van der Waals surface area (Å²) in [6.07, 6.45) is 0. The third-order valence-electron chi connectivity index (χ3n) is 3.61. The number of rotatable bonds is 6. The van der Waals surface area contributed by atoms with E-state index in [-0.39, 0.29) is 11.1 Å². The average molecular weight is 528 g/mol. The first-order chi connectivity index (χ1) is 13.1. The topological polar surface area (TPSA) is 127 Å². The summed E-state index contributed by atoms with van der Waals surface area (Å²) < 4.78 is 27.3. The second-order valence-corrected chi connectivity index (χ2v) is 7.29. The van der Waals surface area contributed by atoms with Gasteiger partial charge in [-0.05, 0) is 36.4 Å². The molecule has 0 unspecified atom stereocenters. The predicted octanol–water partition coefficient (Wildman–Crippen LogP) is 3.41. The lowest BCUT2D eigenvalue weighted by Gasteiger charge is -2.21. The van der Waals surface area contributed by atoms with Crippen molar-refractivity contribution in [2.24, 2.45) is 0 Å². The molecular formula is C16H14Br2F2N2O6. The fraction of sp³-hybridized carbons (Fsp3) is 0.250. The highest BCUT2D eigenvalue weighted by Crippen LogP contribution is 2.29. The van der Waals surface area contributed by atoms with Gasteiger partial charge in [0.25, 0.3) is 5.54 Å². The summed E-state index contributed by atoms with van der Waals surface area (Å²) in [5.41, 5.74) is -2.47. The standard InChI is InChI=1S/C9H9BrFNO4.C7H5BrFNO2/c10-6-1-2-8(11)7(3-6)9(4-13,5-14)12(15)16;8-6-1-2-7(9)5(3-6)4-10(11)12/h1-3,13-14H,4-5H2;1-3H,4H2. The lowest BCUT2D eigenvalue weighted by Crippen LogP contribution is -2.43. The van der Waals surface area contributed by atoms with E-state index in [2.05, 4.69) is 31.9 Å². The van der Waals surface area contributed by atoms with Crippen molar-refractivity contribution in [3.05, 3.63) is 88.3 Å². The predicted molar refractivity (Wildman–Crippen MR) is 102 cm³/mol. The van der Waals surface area contributed by atoms with Crippen LogP contribution in [0, 0.1) is 31.9 Å². The zero-order chi connectivity index (χ0) is 21.5. The van der Waals surface area contributed by atoms with Gasteiger partial charge in [0.2, 0.25) is 6.54 Å². The van der Waals surface area contributed by atoms with Crippen LogP contribution in [0.3, 0.4) is 0 Å². The van der Waals surface area contributed by atoms with Gasteiger partial charge >= 0.3 is 0 Å². The van der Waals surface area contributed by atoms with Crippen LogP contribution in [0.15, 0.2) is 45.3 Å². The second kappa shape index (κ2) is 10.5. The van der Waals surface area contributed by atoms with Crippen LogP contribution in [-0.2, 0) is 12.1 Å². The van der Waals surface area contributed by atoms with E-state index in [0.29, 0.717) is 8.95 Å². The Bertz CT molecular complexity index is 865. The summed E-state index contributed by atoms with van der Waals surface area (Å²) >= 11 is 6.14. The van der Waals surface area contributed by atoms with Gasteiger partial charge in [0.1, 0.15) is 24.8 Å². The minimum Gasteiger partial charge on any atom is -0.388 e. The van der Waals surface area contributed by atoms with E-state index < -0.39 is 46.8 Å². The Labute approximate surface area is 174 Å². The Morgan fingerprint density at radius 1 is 0.929 bits per heavy atom. The first kappa shape index (κ1) is 24.0. The average Bonchev–Trinajstić information content (AvgIpc) is 2.62. The molecule has 0 atom stereocenters. The van der Waals surface area contributed by atoms with E-state index in [1.165, 1.54) is 30.3 Å². The van der Waals surface area contributed by atoms with Crippen molar-refractivity contribution >= 4 is 31.9 Å². The van der Waals surface area contributed by atoms with Crippen LogP contribution in [0.1, 0.15) is 11.1 Å². The molecule has 0 radical (unpaired) electrons. The number of nitrogens with zero attached hydrogens (tertiary/aromatic N) is 2. The molecule has 0 saturated heterocycles. The zero-order valence-electron chi connectivity index (χ0n) is 14.0. The number of benzene rings is 2. The van der Waals surface area contributed by atoms with Crippen LogP contribution < -0.4 is 0 Å². The van der Waals surface area contributed by atoms with Gasteiger partial charge in [-0.2, -0.15) is 0 Å². The molecule has 0 saturated carbocycles. The Morgan fingerprint density at radius 2 is 1.43 bits per heavy atom. The number of halogens is 4. The summed E-state index contributed by atoms with van der Waals surface area (Å²) in [7, 11) is 0. The van der Waals surface area contributed by atoms with E-state index in [1.54, 1.807) is 0 Å². The van der Waals surface area contributed by atoms with Crippen molar-refractivity contribution in [2.75, 3.05) is 13.2 Å². The third kappa shape index (κ3) is 5.99. The van der Waals surface area contributed by atoms with Crippen LogP contribution >= 0.6 is 31.9 Å². The molecule has 8 nitrogen and oxygen atoms in total. The molecule has 0 bridgehead atoms. The van der Waals surface area contributed by atoms with Crippen molar-refractivity contribution in [2.45, 2.75) is 12.1 Å². The molecule has 0 aliphatic carbocycles. The maximum atomic E-state index is 13.5. The summed E-state index contributed by atoms with van der Waals surface area (Å²) in [5, 5.41) is 39.0. The Balaban J connectivity index is 0.000000292. The van der Waals surface area contributed by atoms with Crippen molar-refractivity contribution < 1.29 is 28.8 Å². The van der Waals surface area contributed by atoms with Crippen LogP contribution in [0.25, 0.3) is 0 Å². The highest BCUT2D eigenvalue weighted by Gasteiger charge is 2.46. The molecule has 2 aromatic carbocycles. The molecule has 2 N–H and O–H groups in total. The first-order valence-electron chi connectivity index (χ1n) is 7.45. The highest BCUT2D eigenvalue weighted by atomic mass is 79.9. The highest BCUT2D eigenvalue weighted by molar-refractivity contribution is 9.10. The normalized spacial score (nSPS) is 10.8. The molecule has 152 valence electrons. The molecule has 0 fully saturated rings. The molecule has 28 heavy (non-hydrogen) atoms. The fourth-order valence-electron chi connectivity index (χ4n) is 2.09. The smallest absolute Gasteiger partial charge is 0.294 e. The Morgan fingerprint density at radius 3 is 1.89 bits per heavy atom. The summed E-state index contributed by atoms with van der Waals surface area (Å²) in [6, 6.07) is 7.67. The van der Waals surface area contributed by atoms with E-state index in [1.807, 2.05) is 0 Å². The number of hydrogen-bond donors (Lipinski definition) is 2. The summed E-state index contributed by atoms with van der Waals surface area (Å²) in [4.78, 5) is 19.5. The van der Waals surface area contributed by atoms with Gasteiger partial charge in [0.15, 0.2) is 0 Å². The second-order valence-electron chi connectivity index (χ2n) is 5.46. The van der Waals surface area contributed by atoms with Crippen LogP contribution in [0.5, 0.6) is 0 Å². The van der Waals surface area contributed by atoms with Crippen LogP contribution in [-0.4, -0.2) is 33.3 Å². The Kier molecular flexibility index (Phi) is 9.01. The van der Waals surface area contributed by atoms with Gasteiger partial charge in [0, 0.05) is 18.8 Å². The third-order valence-corrected chi connectivity index (χ3v) is 4.60. The molecule has 12 heteroatoms. The van der Waals surface area contributed by atoms with E-state index >= 15 is 0 Å². The lowest BCUT2D eigenvalue weighted by atomic mass is 9.92. The molecular weight excluding hydrogens is 514 g/mol. The molecule has 0 heterocycles. The monoisotopic (exact) mass is 526 g/mol. The maximum Gasteiger partial charge on any atom is 0.294 e. The number of aliphatic hydroxyl groups is 2. The maximum absolute atomic E-state index is 13.5. The quantitative estimate of drug-likeness (QED) is 0.438. The zero-order valence-corrected chi connectivity index (χ0v) is 17.2. The first-order valence-corrected chi connectivity index (χ1v) is 9.03. The number of aliphatic hydroxyl groups excluding tert-OH is 2. The molecule has 0 spiro atoms. The van der Waals surface area contributed by atoms with Crippen molar-refractivity contribution in [3.8, 4) is 0 Å². The lowest BCUT2D eigenvalue weighted by molar-refractivity contribution is -0.587. The van der Waals surface area contributed by atoms with Crippen LogP contribution in [0.2, 0.25) is 0 Å². The number of hydrogen-bond acceptors (Lipinski definition) is 6. The van der Waals surface area contributed by atoms with Crippen molar-refractivity contribution in [1.29, 1.82) is 0 Å². The number of nitro groups is 2. The molecule has 0 aromatic heterocycles. The minimum atomic E-state index is -2.21. The van der Waals surface area contributed by atoms with Gasteiger partial charge in [-0.1, -0.05) is 31.9 Å². The molecule has 0 amide bonds. The van der Waals surface area contributed by atoms with Gasteiger partial charge in [-0.25, -0.2) is 8.78 Å². The van der Waals surface area contributed by atoms with Crippen LogP contribution in [0.4, 0.5) is 8.78 Å². The minimum absolute atomic E-state index is 0.0920. The van der Waals surface area contributed by atoms with Gasteiger partial charge in [-0.15, -0.1) is 0 Å². The summed E-state index contributed by atoms with van der Waals surface area (Å²) in [6.45, 7) is -2.45. The fourth-order valence-corrected chi connectivity index (χ4v) is 2.86. The molecule has 0 aliphatic heterocycles. The van der Waals surface area contributed by atoms with Crippen molar-refractivity contribution in [3.63, 3.8) is 0 Å². The van der Waals surface area contributed by atoms with E-state index in [4.69, 9.17) is 10.2 Å². The van der Waals surface area contributed by atoms with E-state index in [0.717, 1.165) is 6.07 Å². The molecule has 2 rings (SSSR count). The molecule has 2 aromatic rings. The largest absolute Gasteiger partial charge is 0.388 e. The van der Waals surface area contributed by atoms with Gasteiger partial charge in [-0.3, -0.25) is 20.2 Å². The van der Waals surface area contributed by atoms with E-state index in [9.17, 15) is 29.0 Å². The SMILES string of the molecule is O=[N+]([O-])C(CO)(CO)c1cc(Br)ccc1F.O=[N+]([O-])Cc1cc(Br)ccc1F. The molecule has 0 aliphatic rings. The van der Waals surface area contributed by atoms with Crippen molar-refractivity contribution in [1.82, 2.24) is 0 Å². The Hall–Kier alpha value is -2.02. The van der Waals surface area contributed by atoms with Gasteiger partial charge < -0.3 is 10.2 Å². The summed E-state index contributed by atoms with van der Waals surface area (Å²) in [5.74, 6) is -1.39.